The van der Waals surface area contributed by atoms with Gasteiger partial charge in [0.25, 0.3) is 0 Å². The number of anilines is 2. The third-order valence-corrected chi connectivity index (χ3v) is 2.82. The quantitative estimate of drug-likeness (QED) is 0.758. The van der Waals surface area contributed by atoms with E-state index >= 15 is 0 Å². The normalized spacial score (nSPS) is 11.4. The van der Waals surface area contributed by atoms with Gasteiger partial charge in [-0.15, -0.1) is 0 Å². The number of pyridine rings is 1. The van der Waals surface area contributed by atoms with Crippen LogP contribution in [-0.2, 0) is 4.79 Å². The lowest BCUT2D eigenvalue weighted by atomic mass is 10.1. The maximum atomic E-state index is 14.1. The van der Waals surface area contributed by atoms with Gasteiger partial charge in [0.05, 0.1) is 17.7 Å². The van der Waals surface area contributed by atoms with Crippen LogP contribution >= 0.6 is 0 Å². The van der Waals surface area contributed by atoms with E-state index in [0.717, 1.165) is 0 Å². The van der Waals surface area contributed by atoms with Crippen molar-refractivity contribution in [1.82, 2.24) is 10.3 Å². The van der Waals surface area contributed by atoms with Crippen LogP contribution in [0.25, 0.3) is 10.9 Å². The van der Waals surface area contributed by atoms with E-state index in [1.54, 1.807) is 18.3 Å². The number of carbonyl (C=O) groups excluding carboxylic acids is 1. The van der Waals surface area contributed by atoms with Crippen LogP contribution in [0.1, 0.15) is 20.8 Å². The lowest BCUT2D eigenvalue weighted by Gasteiger charge is -2.21. The molecule has 0 atom stereocenters. The van der Waals surface area contributed by atoms with Crippen molar-refractivity contribution in [3.05, 3.63) is 30.2 Å². The highest BCUT2D eigenvalue weighted by atomic mass is 19.1. The second-order valence-electron chi connectivity index (χ2n) is 5.87. The van der Waals surface area contributed by atoms with Crippen LogP contribution in [0.4, 0.5) is 15.8 Å². The predicted octanol–water partition coefficient (Wildman–Crippen LogP) is 2.28. The molecular formula is C15H19FN4O. The first-order valence-electron chi connectivity index (χ1n) is 6.65. The summed E-state index contributed by atoms with van der Waals surface area (Å²) in [6.07, 6.45) is 1.56. The minimum atomic E-state index is -0.526. The van der Waals surface area contributed by atoms with Gasteiger partial charge in [0, 0.05) is 22.8 Å². The van der Waals surface area contributed by atoms with E-state index in [1.165, 1.54) is 6.07 Å². The molecule has 2 rings (SSSR count). The van der Waals surface area contributed by atoms with E-state index in [4.69, 9.17) is 5.73 Å². The summed E-state index contributed by atoms with van der Waals surface area (Å²) in [7, 11) is 0. The number of halogens is 1. The monoisotopic (exact) mass is 290 g/mol. The topological polar surface area (TPSA) is 80.0 Å². The molecule has 4 N–H and O–H groups in total. The van der Waals surface area contributed by atoms with Crippen molar-refractivity contribution >= 4 is 28.2 Å². The van der Waals surface area contributed by atoms with Gasteiger partial charge in [-0.2, -0.15) is 0 Å². The maximum Gasteiger partial charge on any atom is 0.239 e. The van der Waals surface area contributed by atoms with Crippen LogP contribution in [0.2, 0.25) is 0 Å². The Kier molecular flexibility index (Phi) is 3.97. The van der Waals surface area contributed by atoms with Crippen LogP contribution in [-0.4, -0.2) is 23.0 Å². The van der Waals surface area contributed by atoms with Crippen LogP contribution < -0.4 is 16.4 Å². The molecule has 5 nitrogen and oxygen atoms in total. The number of nitrogens with one attached hydrogen (secondary N) is 2. The first kappa shape index (κ1) is 15.0. The van der Waals surface area contributed by atoms with Gasteiger partial charge in [-0.1, -0.05) is 0 Å². The van der Waals surface area contributed by atoms with Gasteiger partial charge in [-0.25, -0.2) is 4.39 Å². The van der Waals surface area contributed by atoms with Crippen molar-refractivity contribution in [1.29, 1.82) is 0 Å². The Morgan fingerprint density at radius 1 is 1.43 bits per heavy atom. The highest BCUT2D eigenvalue weighted by Gasteiger charge is 2.16. The lowest BCUT2D eigenvalue weighted by molar-refractivity contribution is -0.120. The zero-order valence-corrected chi connectivity index (χ0v) is 12.3. The molecule has 1 aromatic carbocycles. The fourth-order valence-electron chi connectivity index (χ4n) is 2.04. The molecular weight excluding hydrogens is 271 g/mol. The Balaban J connectivity index is 2.25. The van der Waals surface area contributed by atoms with Crippen LogP contribution in [0.15, 0.2) is 24.4 Å². The van der Waals surface area contributed by atoms with Gasteiger partial charge >= 0.3 is 0 Å². The maximum absolute atomic E-state index is 14.1. The Hall–Kier alpha value is -2.37. The molecule has 0 aliphatic carbocycles. The summed E-state index contributed by atoms with van der Waals surface area (Å²) >= 11 is 0. The Morgan fingerprint density at radius 2 is 2.14 bits per heavy atom. The average Bonchev–Trinajstić information content (AvgIpc) is 2.36. The van der Waals surface area contributed by atoms with E-state index in [0.29, 0.717) is 16.6 Å². The summed E-state index contributed by atoms with van der Waals surface area (Å²) < 4.78 is 14.1. The van der Waals surface area contributed by atoms with Crippen molar-refractivity contribution in [3.8, 4) is 0 Å². The minimum absolute atomic E-state index is 0.0379. The molecule has 0 aliphatic heterocycles. The molecule has 0 unspecified atom stereocenters. The third-order valence-electron chi connectivity index (χ3n) is 2.82. The molecule has 1 aromatic heterocycles. The number of hydrogen-bond donors (Lipinski definition) is 3. The van der Waals surface area contributed by atoms with Gasteiger partial charge < -0.3 is 16.4 Å². The number of fused-ring (bicyclic) bond motifs is 1. The summed E-state index contributed by atoms with van der Waals surface area (Å²) in [5.74, 6) is -0.745. The molecule has 6 heteroatoms. The summed E-state index contributed by atoms with van der Waals surface area (Å²) in [6, 6.07) is 4.72. The number of rotatable bonds is 3. The van der Waals surface area contributed by atoms with Crippen molar-refractivity contribution < 1.29 is 9.18 Å². The molecule has 112 valence electrons. The Bertz CT molecular complexity index is 679. The van der Waals surface area contributed by atoms with Gasteiger partial charge in [0.15, 0.2) is 5.82 Å². The zero-order valence-electron chi connectivity index (χ0n) is 12.3. The molecule has 1 amide bonds. The van der Waals surface area contributed by atoms with Crippen molar-refractivity contribution in [2.24, 2.45) is 0 Å². The first-order valence-corrected chi connectivity index (χ1v) is 6.65. The number of nitrogens with two attached hydrogens (primary N) is 1. The molecule has 0 aliphatic rings. The van der Waals surface area contributed by atoms with Crippen molar-refractivity contribution in [2.45, 2.75) is 26.3 Å². The second-order valence-corrected chi connectivity index (χ2v) is 5.87. The number of aromatic nitrogens is 1. The molecule has 0 saturated carbocycles. The number of amides is 1. The summed E-state index contributed by atoms with van der Waals surface area (Å²) in [5.41, 5.74) is 6.36. The Morgan fingerprint density at radius 3 is 2.81 bits per heavy atom. The number of carbonyl (C=O) groups is 1. The van der Waals surface area contributed by atoms with Gasteiger partial charge in [-0.3, -0.25) is 9.78 Å². The second kappa shape index (κ2) is 5.55. The van der Waals surface area contributed by atoms with Crippen molar-refractivity contribution in [3.63, 3.8) is 0 Å². The molecule has 0 spiro atoms. The lowest BCUT2D eigenvalue weighted by Crippen LogP contribution is -2.43. The van der Waals surface area contributed by atoms with Crippen LogP contribution in [0.5, 0.6) is 0 Å². The molecule has 0 radical (unpaired) electrons. The van der Waals surface area contributed by atoms with E-state index < -0.39 is 5.82 Å². The van der Waals surface area contributed by atoms with Crippen LogP contribution in [0, 0.1) is 5.82 Å². The van der Waals surface area contributed by atoms with Crippen LogP contribution in [0.3, 0.4) is 0 Å². The smallest absolute Gasteiger partial charge is 0.239 e. The Labute approximate surface area is 122 Å². The fourth-order valence-corrected chi connectivity index (χ4v) is 2.04. The number of benzene rings is 1. The number of nitrogens with zero attached hydrogens (tertiary/aromatic N) is 1. The number of nitrogen functional groups attached to an aromatic ring is 1. The number of hydrogen-bond acceptors (Lipinski definition) is 4. The van der Waals surface area contributed by atoms with E-state index in [9.17, 15) is 9.18 Å². The highest BCUT2D eigenvalue weighted by molar-refractivity contribution is 5.99. The molecule has 0 saturated heterocycles. The summed E-state index contributed by atoms with van der Waals surface area (Å²) in [6.45, 7) is 5.60. The van der Waals surface area contributed by atoms with Gasteiger partial charge in [-0.05, 0) is 39.0 Å². The van der Waals surface area contributed by atoms with Crippen molar-refractivity contribution in [2.75, 3.05) is 17.6 Å². The van der Waals surface area contributed by atoms with E-state index in [-0.39, 0.29) is 23.7 Å². The summed E-state index contributed by atoms with van der Waals surface area (Å²) in [4.78, 5) is 15.9. The molecule has 1 heterocycles. The van der Waals surface area contributed by atoms with Gasteiger partial charge in [0.1, 0.15) is 0 Å². The molecule has 21 heavy (non-hydrogen) atoms. The van der Waals surface area contributed by atoms with E-state index in [1.807, 2.05) is 20.8 Å². The zero-order chi connectivity index (χ0) is 15.6. The standard InChI is InChI=1S/C15H19FN4O/c1-15(2,3)20-12(21)8-19-14-10(16)7-11(17)9-5-4-6-18-13(9)14/h4-7,19H,8,17H2,1-3H3,(H,20,21). The van der Waals surface area contributed by atoms with E-state index in [2.05, 4.69) is 15.6 Å². The largest absolute Gasteiger partial charge is 0.398 e. The molecule has 2 aromatic rings. The molecule has 0 fully saturated rings. The fraction of sp³-hybridized carbons (Fsp3) is 0.333. The highest BCUT2D eigenvalue weighted by Crippen LogP contribution is 2.29. The minimum Gasteiger partial charge on any atom is -0.398 e. The molecule has 0 bridgehead atoms. The average molecular weight is 290 g/mol. The first-order chi connectivity index (χ1) is 9.78. The SMILES string of the molecule is CC(C)(C)NC(=O)CNc1c(F)cc(N)c2cccnc12. The summed E-state index contributed by atoms with van der Waals surface area (Å²) in [5, 5.41) is 6.25. The predicted molar refractivity (Wildman–Crippen MR) is 82.5 cm³/mol. The third kappa shape index (κ3) is 3.59. The van der Waals surface area contributed by atoms with Gasteiger partial charge in [0.2, 0.25) is 5.91 Å².